The second-order valence-electron chi connectivity index (χ2n) is 13.4. The summed E-state index contributed by atoms with van der Waals surface area (Å²) in [6.45, 7) is 8.70. The molecule has 0 fully saturated rings. The van der Waals surface area contributed by atoms with Gasteiger partial charge in [0.1, 0.15) is 11.6 Å². The Morgan fingerprint density at radius 3 is 2.09 bits per heavy atom. The first kappa shape index (κ1) is 38.9. The van der Waals surface area contributed by atoms with Gasteiger partial charge < -0.3 is 25.8 Å². The van der Waals surface area contributed by atoms with Crippen LogP contribution in [0.25, 0.3) is 0 Å². The summed E-state index contributed by atoms with van der Waals surface area (Å²) in [6, 6.07) is 30.6. The normalized spacial score (nSPS) is 12.8. The van der Waals surface area contributed by atoms with Gasteiger partial charge in [0.05, 0.1) is 18.2 Å². The van der Waals surface area contributed by atoms with Crippen molar-refractivity contribution in [1.29, 1.82) is 0 Å². The van der Waals surface area contributed by atoms with Crippen LogP contribution in [0.2, 0.25) is 0 Å². The molecule has 3 amide bonds. The largest absolute Gasteiger partial charge is 0.444 e. The van der Waals surface area contributed by atoms with Gasteiger partial charge in [0.2, 0.25) is 0 Å². The van der Waals surface area contributed by atoms with Crippen LogP contribution in [0, 0.1) is 6.92 Å². The van der Waals surface area contributed by atoms with E-state index in [1.165, 1.54) is 11.3 Å². The summed E-state index contributed by atoms with van der Waals surface area (Å²) >= 11 is 1.48. The van der Waals surface area contributed by atoms with Crippen molar-refractivity contribution >= 4 is 34.9 Å². The highest BCUT2D eigenvalue weighted by molar-refractivity contribution is 7.09. The standard InChI is InChI=1S/C42H47N5O5S/c1-27(2)35-18-32(19-36(22-35)46-42(51)52-25-31-14-9-6-10-15-31)23-43-24-38(48)37(20-30-12-7-5-8-13-30)47-40(50)34-17-11-16-33(21-34)39(49)45-29(4)41-44-28(3)26-53-41/h5-19,21-22,26-27,29,37-38,43,48H,20,23-25H2,1-4H3,(H,45,49)(H,46,51)(H,47,50). The van der Waals surface area contributed by atoms with E-state index in [0.717, 1.165) is 33.0 Å². The molecule has 0 radical (unpaired) electrons. The van der Waals surface area contributed by atoms with E-state index in [2.05, 4.69) is 46.2 Å². The smallest absolute Gasteiger partial charge is 0.411 e. The van der Waals surface area contributed by atoms with Crippen molar-refractivity contribution in [2.24, 2.45) is 0 Å². The lowest BCUT2D eigenvalue weighted by molar-refractivity contribution is 0.0830. The van der Waals surface area contributed by atoms with Gasteiger partial charge in [-0.25, -0.2) is 9.78 Å². The number of hydrogen-bond acceptors (Lipinski definition) is 8. The number of thiazole rings is 1. The highest BCUT2D eigenvalue weighted by Gasteiger charge is 2.23. The summed E-state index contributed by atoms with van der Waals surface area (Å²) in [5, 5.41) is 26.3. The summed E-state index contributed by atoms with van der Waals surface area (Å²) in [5.74, 6) is -0.501. The van der Waals surface area contributed by atoms with Crippen molar-refractivity contribution in [2.45, 2.75) is 71.4 Å². The topological polar surface area (TPSA) is 142 Å². The number of aryl methyl sites for hydroxylation is 1. The first-order chi connectivity index (χ1) is 25.5. The number of carbonyl (C=O) groups excluding carboxylic acids is 3. The SMILES string of the molecule is Cc1csc(C(C)NC(=O)c2cccc(C(=O)NC(Cc3ccccc3)C(O)CNCc3cc(NC(=O)OCc4ccccc4)cc(C(C)C)c3)c2)n1. The molecule has 4 aromatic carbocycles. The number of aromatic nitrogens is 1. The van der Waals surface area contributed by atoms with Crippen molar-refractivity contribution in [1.82, 2.24) is 20.9 Å². The Balaban J connectivity index is 1.22. The summed E-state index contributed by atoms with van der Waals surface area (Å²) in [5.41, 5.74) is 5.98. The lowest BCUT2D eigenvalue weighted by Gasteiger charge is -2.25. The molecule has 0 saturated carbocycles. The van der Waals surface area contributed by atoms with Crippen LogP contribution in [-0.4, -0.2) is 46.7 Å². The van der Waals surface area contributed by atoms with E-state index in [9.17, 15) is 19.5 Å². The lowest BCUT2D eigenvalue weighted by Crippen LogP contribution is -2.48. The van der Waals surface area contributed by atoms with Crippen molar-refractivity contribution in [3.05, 3.63) is 153 Å². The average Bonchev–Trinajstić information content (AvgIpc) is 3.60. The number of benzene rings is 4. The number of rotatable bonds is 16. The van der Waals surface area contributed by atoms with Gasteiger partial charge >= 0.3 is 6.09 Å². The van der Waals surface area contributed by atoms with Crippen molar-refractivity contribution < 1.29 is 24.2 Å². The van der Waals surface area contributed by atoms with Crippen LogP contribution < -0.4 is 21.3 Å². The molecule has 0 aliphatic rings. The van der Waals surface area contributed by atoms with Gasteiger partial charge in [-0.2, -0.15) is 0 Å². The molecule has 3 atom stereocenters. The summed E-state index contributed by atoms with van der Waals surface area (Å²) in [4.78, 5) is 43.7. The Bertz CT molecular complexity index is 1970. The van der Waals surface area contributed by atoms with Gasteiger partial charge in [0, 0.05) is 41.0 Å². The number of amides is 3. The molecule has 0 bridgehead atoms. The van der Waals surface area contributed by atoms with Crippen LogP contribution >= 0.6 is 11.3 Å². The highest BCUT2D eigenvalue weighted by atomic mass is 32.1. The second kappa shape index (κ2) is 18.9. The highest BCUT2D eigenvalue weighted by Crippen LogP contribution is 2.23. The molecular weight excluding hydrogens is 687 g/mol. The molecule has 1 heterocycles. The van der Waals surface area contributed by atoms with E-state index in [4.69, 9.17) is 4.74 Å². The number of aliphatic hydroxyl groups is 1. The Kier molecular flexibility index (Phi) is 13.9. The number of aliphatic hydroxyl groups excluding tert-OH is 1. The molecule has 3 unspecified atom stereocenters. The predicted octanol–water partition coefficient (Wildman–Crippen LogP) is 7.31. The molecule has 1 aromatic heterocycles. The van der Waals surface area contributed by atoms with Gasteiger partial charge in [-0.1, -0.05) is 86.6 Å². The molecule has 0 aliphatic carbocycles. The van der Waals surface area contributed by atoms with Gasteiger partial charge in [-0.3, -0.25) is 14.9 Å². The molecule has 0 saturated heterocycles. The summed E-state index contributed by atoms with van der Waals surface area (Å²) in [6.07, 6.45) is -1.11. The predicted molar refractivity (Wildman–Crippen MR) is 209 cm³/mol. The molecule has 276 valence electrons. The molecule has 5 rings (SSSR count). The zero-order chi connectivity index (χ0) is 37.7. The molecule has 0 aliphatic heterocycles. The van der Waals surface area contributed by atoms with Crippen LogP contribution in [0.3, 0.4) is 0 Å². The monoisotopic (exact) mass is 733 g/mol. The van der Waals surface area contributed by atoms with Gasteiger partial charge in [-0.15, -0.1) is 11.3 Å². The molecule has 0 spiro atoms. The lowest BCUT2D eigenvalue weighted by atomic mass is 9.99. The van der Waals surface area contributed by atoms with Crippen LogP contribution in [-0.2, 0) is 24.3 Å². The third kappa shape index (κ3) is 11.8. The zero-order valence-electron chi connectivity index (χ0n) is 30.5. The molecule has 5 aromatic rings. The minimum atomic E-state index is -0.952. The quantitative estimate of drug-likeness (QED) is 0.0717. The maximum Gasteiger partial charge on any atom is 0.411 e. The first-order valence-corrected chi connectivity index (χ1v) is 18.6. The second-order valence-corrected chi connectivity index (χ2v) is 14.3. The maximum absolute atomic E-state index is 13.6. The Morgan fingerprint density at radius 1 is 0.792 bits per heavy atom. The number of nitrogens with zero attached hydrogens (tertiary/aromatic N) is 1. The molecule has 10 nitrogen and oxygen atoms in total. The van der Waals surface area contributed by atoms with E-state index in [0.29, 0.717) is 29.8 Å². The molecule has 5 N–H and O–H groups in total. The third-order valence-corrected chi connectivity index (χ3v) is 9.79. The minimum Gasteiger partial charge on any atom is -0.444 e. The van der Waals surface area contributed by atoms with E-state index in [1.54, 1.807) is 24.3 Å². The third-order valence-electron chi connectivity index (χ3n) is 8.64. The summed E-state index contributed by atoms with van der Waals surface area (Å²) in [7, 11) is 0. The van der Waals surface area contributed by atoms with E-state index in [-0.39, 0.29) is 31.0 Å². The number of nitrogens with one attached hydrogen (secondary N) is 4. The van der Waals surface area contributed by atoms with E-state index >= 15 is 0 Å². The van der Waals surface area contributed by atoms with Gasteiger partial charge in [0.15, 0.2) is 0 Å². The number of hydrogen-bond donors (Lipinski definition) is 5. The van der Waals surface area contributed by atoms with Crippen LogP contribution in [0.5, 0.6) is 0 Å². The zero-order valence-corrected chi connectivity index (χ0v) is 31.3. The van der Waals surface area contributed by atoms with Crippen LogP contribution in [0.1, 0.15) is 86.4 Å². The van der Waals surface area contributed by atoms with Crippen molar-refractivity contribution in [3.63, 3.8) is 0 Å². The fourth-order valence-electron chi connectivity index (χ4n) is 5.73. The number of anilines is 1. The minimum absolute atomic E-state index is 0.164. The van der Waals surface area contributed by atoms with Gasteiger partial charge in [-0.05, 0) is 78.8 Å². The van der Waals surface area contributed by atoms with Crippen LogP contribution in [0.4, 0.5) is 10.5 Å². The van der Waals surface area contributed by atoms with Crippen molar-refractivity contribution in [2.75, 3.05) is 11.9 Å². The average molecular weight is 734 g/mol. The molecular formula is C42H47N5O5S. The molecule has 53 heavy (non-hydrogen) atoms. The maximum atomic E-state index is 13.6. The van der Waals surface area contributed by atoms with E-state index in [1.807, 2.05) is 92.0 Å². The van der Waals surface area contributed by atoms with Crippen molar-refractivity contribution in [3.8, 4) is 0 Å². The summed E-state index contributed by atoms with van der Waals surface area (Å²) < 4.78 is 5.42. The van der Waals surface area contributed by atoms with E-state index < -0.39 is 24.1 Å². The Labute approximate surface area is 315 Å². The Hall–Kier alpha value is -5.36. The fraction of sp³-hybridized carbons (Fsp3) is 0.286. The first-order valence-electron chi connectivity index (χ1n) is 17.7. The van der Waals surface area contributed by atoms with Gasteiger partial charge in [0.25, 0.3) is 11.8 Å². The Morgan fingerprint density at radius 2 is 1.45 bits per heavy atom. The fourth-order valence-corrected chi connectivity index (χ4v) is 6.53. The van der Waals surface area contributed by atoms with Crippen LogP contribution in [0.15, 0.2) is 109 Å². The number of ether oxygens (including phenoxy) is 1. The molecule has 11 heteroatoms. The number of carbonyl (C=O) groups is 3.